The number of hydrogen-bond donors (Lipinski definition) is 3. The molecule has 0 amide bonds. The first-order chi connectivity index (χ1) is 16.2. The number of hydrogen-bond acceptors (Lipinski definition) is 5. The summed E-state index contributed by atoms with van der Waals surface area (Å²) >= 11 is 0. The molecule has 1 heterocycles. The molecule has 1 aromatic carbocycles. The summed E-state index contributed by atoms with van der Waals surface area (Å²) in [7, 11) is 3.75. The maximum Gasteiger partial charge on any atom is 0.181 e. The minimum Gasteiger partial charge on any atom is -0.443 e. The van der Waals surface area contributed by atoms with Crippen LogP contribution in [-0.4, -0.2) is 46.7 Å². The zero-order valence-corrected chi connectivity index (χ0v) is 20.7. The van der Waals surface area contributed by atoms with Crippen LogP contribution >= 0.6 is 0 Å². The number of benzene rings is 1. The average molecular weight is 471 g/mol. The zero-order chi connectivity index (χ0) is 24.1. The topological polar surface area (TPSA) is 78.5 Å². The summed E-state index contributed by atoms with van der Waals surface area (Å²) < 4.78 is 22.2. The first-order valence-electron chi connectivity index (χ1n) is 13.0. The summed E-state index contributed by atoms with van der Waals surface area (Å²) in [5.41, 5.74) is 0.771. The Morgan fingerprint density at radius 1 is 1.12 bits per heavy atom. The number of aromatic nitrogens is 1. The van der Waals surface area contributed by atoms with Crippen LogP contribution in [0.1, 0.15) is 70.3 Å². The van der Waals surface area contributed by atoms with Crippen LogP contribution in [0.15, 0.2) is 35.1 Å². The fourth-order valence-corrected chi connectivity index (χ4v) is 7.83. The second-order valence-corrected chi connectivity index (χ2v) is 11.5. The number of alkyl halides is 1. The molecule has 0 aliphatic heterocycles. The summed E-state index contributed by atoms with van der Waals surface area (Å²) in [5, 5.41) is 25.0. The molecule has 7 atom stereocenters. The molecule has 186 valence electrons. The van der Waals surface area contributed by atoms with Crippen LogP contribution < -0.4 is 5.32 Å². The summed E-state index contributed by atoms with van der Waals surface area (Å²) in [5.74, 6) is 0.499. The van der Waals surface area contributed by atoms with Gasteiger partial charge in [-0.05, 0) is 112 Å². The molecule has 6 unspecified atom stereocenters. The third-order valence-corrected chi connectivity index (χ3v) is 9.57. The van der Waals surface area contributed by atoms with Gasteiger partial charge in [-0.2, -0.15) is 0 Å². The van der Waals surface area contributed by atoms with E-state index in [1.165, 1.54) is 12.0 Å². The van der Waals surface area contributed by atoms with Crippen LogP contribution in [0, 0.1) is 23.2 Å². The lowest BCUT2D eigenvalue weighted by molar-refractivity contribution is -0.195. The molecule has 1 aromatic heterocycles. The molecular weight excluding hydrogens is 431 g/mol. The molecule has 4 aliphatic rings. The van der Waals surface area contributed by atoms with E-state index in [-0.39, 0.29) is 23.4 Å². The van der Waals surface area contributed by atoms with Crippen molar-refractivity contribution in [2.24, 2.45) is 23.2 Å². The van der Waals surface area contributed by atoms with Crippen molar-refractivity contribution in [2.45, 2.75) is 82.1 Å². The van der Waals surface area contributed by atoms with Gasteiger partial charge in [0.15, 0.2) is 12.0 Å². The van der Waals surface area contributed by atoms with Crippen LogP contribution in [0.25, 0.3) is 16.7 Å². The maximum atomic E-state index is 16.7. The Balaban J connectivity index is 0.000000764. The highest BCUT2D eigenvalue weighted by atomic mass is 19.1. The quantitative estimate of drug-likeness (QED) is 0.529. The average Bonchev–Trinajstić information content (AvgIpc) is 3.38. The summed E-state index contributed by atoms with van der Waals surface area (Å²) in [4.78, 5) is 4.22. The number of rotatable bonds is 1. The Labute approximate surface area is 201 Å². The molecule has 5 nitrogen and oxygen atoms in total. The van der Waals surface area contributed by atoms with Crippen molar-refractivity contribution in [3.8, 4) is 0 Å². The highest BCUT2D eigenvalue weighted by molar-refractivity contribution is 5.81. The number of aliphatic hydroxyl groups is 2. The third kappa shape index (κ3) is 3.64. The fourth-order valence-electron chi connectivity index (χ4n) is 7.83. The van der Waals surface area contributed by atoms with Crippen LogP contribution in [0.4, 0.5) is 4.39 Å². The van der Waals surface area contributed by atoms with Gasteiger partial charge in [0.1, 0.15) is 16.8 Å². The molecular formula is C28H39FN2O3. The number of fused-ring (bicyclic) bond motifs is 5. The number of allylic oxidation sites excluding steroid dienone is 2. The summed E-state index contributed by atoms with van der Waals surface area (Å²) in [6.45, 7) is 2.22. The fraction of sp³-hybridized carbons (Fsp3) is 0.679. The lowest BCUT2D eigenvalue weighted by atomic mass is 9.53. The Morgan fingerprint density at radius 3 is 2.71 bits per heavy atom. The van der Waals surface area contributed by atoms with Gasteiger partial charge in [-0.3, -0.25) is 0 Å². The molecule has 0 spiro atoms. The summed E-state index contributed by atoms with van der Waals surface area (Å²) in [6.07, 6.45) is 9.47. The van der Waals surface area contributed by atoms with E-state index in [0.717, 1.165) is 42.3 Å². The van der Waals surface area contributed by atoms with Gasteiger partial charge in [0.25, 0.3) is 0 Å². The minimum atomic E-state index is -1.56. The molecule has 3 saturated carbocycles. The molecule has 3 N–H and O–H groups in total. The predicted octanol–water partition coefficient (Wildman–Crippen LogP) is 5.27. The van der Waals surface area contributed by atoms with Gasteiger partial charge in [0, 0.05) is 5.92 Å². The SMILES string of the molecule is CC12CCC3(F)CC4CC(O)CCC4CC[C@]3(O)C1CC=C2c1ccc2ncoc2c1.CNC. The lowest BCUT2D eigenvalue weighted by Gasteiger charge is -2.56. The van der Waals surface area contributed by atoms with E-state index in [0.29, 0.717) is 38.0 Å². The van der Waals surface area contributed by atoms with E-state index in [9.17, 15) is 10.2 Å². The smallest absolute Gasteiger partial charge is 0.181 e. The van der Waals surface area contributed by atoms with Crippen LogP contribution in [-0.2, 0) is 0 Å². The van der Waals surface area contributed by atoms with Crippen molar-refractivity contribution >= 4 is 16.7 Å². The van der Waals surface area contributed by atoms with Crippen molar-refractivity contribution in [1.29, 1.82) is 0 Å². The molecule has 34 heavy (non-hydrogen) atoms. The molecule has 6 heteroatoms. The molecule has 4 aliphatic carbocycles. The van der Waals surface area contributed by atoms with Crippen LogP contribution in [0.5, 0.6) is 0 Å². The maximum absolute atomic E-state index is 16.7. The Kier molecular flexibility index (Phi) is 6.14. The van der Waals surface area contributed by atoms with Crippen molar-refractivity contribution in [3.05, 3.63) is 36.2 Å². The zero-order valence-electron chi connectivity index (χ0n) is 20.7. The van der Waals surface area contributed by atoms with Crippen molar-refractivity contribution in [3.63, 3.8) is 0 Å². The number of halogens is 1. The van der Waals surface area contributed by atoms with Crippen LogP contribution in [0.2, 0.25) is 0 Å². The van der Waals surface area contributed by atoms with E-state index in [2.05, 4.69) is 29.4 Å². The Bertz CT molecular complexity index is 1070. The molecule has 6 rings (SSSR count). The number of oxazole rings is 1. The largest absolute Gasteiger partial charge is 0.443 e. The number of aliphatic hydroxyl groups excluding tert-OH is 1. The third-order valence-electron chi connectivity index (χ3n) is 9.57. The molecule has 3 fully saturated rings. The first-order valence-corrected chi connectivity index (χ1v) is 13.0. The van der Waals surface area contributed by atoms with Gasteiger partial charge in [0.05, 0.1) is 6.10 Å². The van der Waals surface area contributed by atoms with Gasteiger partial charge in [-0.15, -0.1) is 0 Å². The van der Waals surface area contributed by atoms with E-state index in [1.54, 1.807) is 0 Å². The normalized spacial score (nSPS) is 41.4. The van der Waals surface area contributed by atoms with E-state index >= 15 is 4.39 Å². The number of nitrogens with one attached hydrogen (secondary N) is 1. The molecule has 0 bridgehead atoms. The van der Waals surface area contributed by atoms with Crippen LogP contribution in [0.3, 0.4) is 0 Å². The van der Waals surface area contributed by atoms with Gasteiger partial charge < -0.3 is 19.9 Å². The standard InChI is InChI=1S/C26H32FNO3.C2H7N/c1-24-10-11-25(27)14-18-12-19(29)4-2-16(18)8-9-26(25,30)23(24)7-5-20(24)17-3-6-21-22(13-17)31-15-28-21;1-3-2/h3,5-6,13,15-16,18-19,23,29-30H,2,4,7-12,14H2,1H3;3H,1-2H3/t16?,18?,19?,23?,24?,25?,26-;/m0./s1. The van der Waals surface area contributed by atoms with Gasteiger partial charge in [-0.25, -0.2) is 9.37 Å². The minimum absolute atomic E-state index is 0.121. The Morgan fingerprint density at radius 2 is 1.91 bits per heavy atom. The predicted molar refractivity (Wildman–Crippen MR) is 132 cm³/mol. The monoisotopic (exact) mass is 470 g/mol. The van der Waals surface area contributed by atoms with Gasteiger partial charge in [0.2, 0.25) is 0 Å². The van der Waals surface area contributed by atoms with E-state index < -0.39 is 11.3 Å². The highest BCUT2D eigenvalue weighted by Crippen LogP contribution is 2.66. The second-order valence-electron chi connectivity index (χ2n) is 11.5. The van der Waals surface area contributed by atoms with E-state index in [1.807, 2.05) is 26.2 Å². The van der Waals surface area contributed by atoms with E-state index in [4.69, 9.17) is 4.42 Å². The van der Waals surface area contributed by atoms with Gasteiger partial charge in [-0.1, -0.05) is 19.1 Å². The Hall–Kier alpha value is -1.76. The second kappa shape index (κ2) is 8.72. The van der Waals surface area contributed by atoms with Crippen molar-refractivity contribution < 1.29 is 19.0 Å². The first kappa shape index (κ1) is 24.0. The van der Waals surface area contributed by atoms with Crippen molar-refractivity contribution in [2.75, 3.05) is 14.1 Å². The van der Waals surface area contributed by atoms with Gasteiger partial charge >= 0.3 is 0 Å². The molecule has 0 radical (unpaired) electrons. The summed E-state index contributed by atoms with van der Waals surface area (Å²) in [6, 6.07) is 6.09. The highest BCUT2D eigenvalue weighted by Gasteiger charge is 2.66. The number of nitrogens with zero attached hydrogens (tertiary/aromatic N) is 1. The molecule has 0 saturated heterocycles. The van der Waals surface area contributed by atoms with Crippen molar-refractivity contribution in [1.82, 2.24) is 10.3 Å². The lowest BCUT2D eigenvalue weighted by Crippen LogP contribution is -2.62. The molecule has 2 aromatic rings.